The van der Waals surface area contributed by atoms with Crippen LogP contribution in [0, 0.1) is 0 Å². The van der Waals surface area contributed by atoms with E-state index in [1.54, 1.807) is 0 Å². The maximum absolute atomic E-state index is 5.34. The van der Waals surface area contributed by atoms with Crippen molar-refractivity contribution >= 4 is 22.9 Å². The van der Waals surface area contributed by atoms with Gasteiger partial charge in [-0.25, -0.2) is 0 Å². The van der Waals surface area contributed by atoms with Crippen LogP contribution in [0.15, 0.2) is 60.7 Å². The molecule has 2 aromatic carbocycles. The monoisotopic (exact) mass is 261 g/mol. The van der Waals surface area contributed by atoms with Crippen molar-refractivity contribution in [1.82, 2.24) is 0 Å². The molecule has 0 N–H and O–H groups in total. The third-order valence-corrected chi connectivity index (χ3v) is 7.46. The molecule has 0 bridgehead atoms. The summed E-state index contributed by atoms with van der Waals surface area (Å²) in [5.74, 6) is 0. The van der Waals surface area contributed by atoms with Crippen molar-refractivity contribution in [1.29, 1.82) is 0 Å². The summed E-state index contributed by atoms with van der Waals surface area (Å²) >= 11 is -2.57. The molecule has 0 spiro atoms. The Morgan fingerprint density at radius 2 is 1.00 bits per heavy atom. The van der Waals surface area contributed by atoms with E-state index in [0.717, 1.165) is 0 Å². The van der Waals surface area contributed by atoms with E-state index in [1.807, 2.05) is 36.4 Å². The van der Waals surface area contributed by atoms with Gasteiger partial charge in [0.05, 0.1) is 0 Å². The first-order chi connectivity index (χ1) is 7.42. The zero-order valence-corrected chi connectivity index (χ0v) is 9.91. The Bertz CT molecular complexity index is 410. The van der Waals surface area contributed by atoms with Gasteiger partial charge in [0.25, 0.3) is 0 Å². The summed E-state index contributed by atoms with van der Waals surface area (Å²) in [6.45, 7) is 0. The van der Waals surface area contributed by atoms with Crippen LogP contribution in [0.2, 0.25) is 0 Å². The minimum absolute atomic E-state index is 1.20. The minimum atomic E-state index is -2.57. The molecule has 0 saturated carbocycles. The van der Waals surface area contributed by atoms with E-state index >= 15 is 0 Å². The van der Waals surface area contributed by atoms with Gasteiger partial charge in [-0.05, 0) is 0 Å². The topological polar surface area (TPSA) is 25.1 Å². The fourth-order valence-corrected chi connectivity index (χ4v) is 6.19. The van der Waals surface area contributed by atoms with Crippen molar-refractivity contribution in [3.63, 3.8) is 0 Å². The number of hydrogen-bond acceptors (Lipinski definition) is 2. The number of rotatable bonds is 2. The second-order valence-corrected chi connectivity index (χ2v) is 8.48. The molecule has 0 aliphatic carbocycles. The quantitative estimate of drug-likeness (QED) is 0.461. The average Bonchev–Trinajstić information content (AvgIpc) is 3.13. The van der Waals surface area contributed by atoms with E-state index in [1.165, 1.54) is 8.70 Å². The Balaban J connectivity index is 2.06. The molecule has 1 heterocycles. The van der Waals surface area contributed by atoms with Crippen LogP contribution in [0.1, 0.15) is 0 Å². The Kier molecular flexibility index (Phi) is 2.13. The van der Waals surface area contributed by atoms with Gasteiger partial charge in [0.1, 0.15) is 0 Å². The van der Waals surface area contributed by atoms with Crippen molar-refractivity contribution in [3.8, 4) is 0 Å². The molecule has 15 heavy (non-hydrogen) atoms. The van der Waals surface area contributed by atoms with E-state index in [9.17, 15) is 0 Å². The van der Waals surface area contributed by atoms with E-state index in [2.05, 4.69) is 24.3 Å². The van der Waals surface area contributed by atoms with Crippen LogP contribution < -0.4 is 8.70 Å². The van der Waals surface area contributed by atoms with Crippen LogP contribution in [0.25, 0.3) is 0 Å². The normalized spacial score (nSPS) is 17.3. The van der Waals surface area contributed by atoms with Crippen molar-refractivity contribution in [2.75, 3.05) is 0 Å². The van der Waals surface area contributed by atoms with Gasteiger partial charge < -0.3 is 0 Å². The third-order valence-electron chi connectivity index (χ3n) is 2.42. The molecule has 1 aliphatic rings. The molecule has 0 unspecified atom stereocenters. The second-order valence-electron chi connectivity index (χ2n) is 3.37. The van der Waals surface area contributed by atoms with Gasteiger partial charge >= 0.3 is 91.4 Å². The first kappa shape index (κ1) is 9.17. The molecule has 1 radical (unpaired) electrons. The summed E-state index contributed by atoms with van der Waals surface area (Å²) in [5, 5.41) is 0. The molecule has 0 amide bonds. The molecule has 3 heteroatoms. The molecule has 3 rings (SSSR count). The van der Waals surface area contributed by atoms with Crippen molar-refractivity contribution in [2.45, 2.75) is 0 Å². The average molecular weight is 261 g/mol. The summed E-state index contributed by atoms with van der Waals surface area (Å²) in [7, 11) is 0. The number of hydrogen-bond donors (Lipinski definition) is 0. The molecule has 75 valence electrons. The Labute approximate surface area is 91.5 Å². The fourth-order valence-electron chi connectivity index (χ4n) is 1.60. The molecule has 2 nitrogen and oxygen atoms in total. The first-order valence-corrected chi connectivity index (χ1v) is 8.21. The summed E-state index contributed by atoms with van der Waals surface area (Å²) < 4.78 is 13.1. The molecular formula is C12H10AsO2. The predicted molar refractivity (Wildman–Crippen MR) is 60.1 cm³/mol. The summed E-state index contributed by atoms with van der Waals surface area (Å²) in [4.78, 5) is 0. The molecule has 1 saturated heterocycles. The first-order valence-electron chi connectivity index (χ1n) is 4.80. The van der Waals surface area contributed by atoms with Crippen LogP contribution in [-0.4, -0.2) is 14.2 Å². The van der Waals surface area contributed by atoms with Crippen molar-refractivity contribution < 1.29 is 7.75 Å². The Morgan fingerprint density at radius 1 is 0.600 bits per heavy atom. The molecule has 1 aliphatic heterocycles. The van der Waals surface area contributed by atoms with Crippen LogP contribution in [-0.2, 0) is 7.75 Å². The SMILES string of the molecule is c1ccc([As]2(c3ccccc3)OO2)cc1. The summed E-state index contributed by atoms with van der Waals surface area (Å²) in [5.41, 5.74) is 0. The third kappa shape index (κ3) is 1.51. The van der Waals surface area contributed by atoms with Gasteiger partial charge in [-0.1, -0.05) is 0 Å². The standard InChI is InChI=1S/C12H10AsO2/c1-3-7-11(8-4-1)13(14-15-13)12-9-5-2-6-10-12/h1-10H. The van der Waals surface area contributed by atoms with Gasteiger partial charge in [-0.2, -0.15) is 0 Å². The van der Waals surface area contributed by atoms with Gasteiger partial charge in [0.2, 0.25) is 0 Å². The van der Waals surface area contributed by atoms with Gasteiger partial charge in [0.15, 0.2) is 0 Å². The summed E-state index contributed by atoms with van der Waals surface area (Å²) in [6.07, 6.45) is 0. The Morgan fingerprint density at radius 3 is 1.33 bits per heavy atom. The zero-order chi connectivity index (χ0) is 10.1. The van der Waals surface area contributed by atoms with Crippen LogP contribution in [0.4, 0.5) is 0 Å². The maximum atomic E-state index is 5.34. The summed E-state index contributed by atoms with van der Waals surface area (Å²) in [6, 6.07) is 20.4. The van der Waals surface area contributed by atoms with E-state index in [0.29, 0.717) is 0 Å². The molecule has 0 atom stereocenters. The number of benzene rings is 2. The van der Waals surface area contributed by atoms with Crippen LogP contribution in [0.3, 0.4) is 0 Å². The fraction of sp³-hybridized carbons (Fsp3) is 0. The van der Waals surface area contributed by atoms with Crippen molar-refractivity contribution in [3.05, 3.63) is 60.7 Å². The van der Waals surface area contributed by atoms with Gasteiger partial charge in [-0.3, -0.25) is 0 Å². The van der Waals surface area contributed by atoms with Crippen LogP contribution >= 0.6 is 0 Å². The zero-order valence-electron chi connectivity index (χ0n) is 8.04. The molecule has 1 fully saturated rings. The molecule has 0 aromatic heterocycles. The van der Waals surface area contributed by atoms with Crippen molar-refractivity contribution in [2.24, 2.45) is 0 Å². The van der Waals surface area contributed by atoms with E-state index in [4.69, 9.17) is 7.75 Å². The second kappa shape index (κ2) is 3.49. The van der Waals surface area contributed by atoms with E-state index < -0.39 is 14.2 Å². The molecule has 2 aromatic rings. The molecular weight excluding hydrogens is 251 g/mol. The van der Waals surface area contributed by atoms with Crippen LogP contribution in [0.5, 0.6) is 0 Å². The van der Waals surface area contributed by atoms with Gasteiger partial charge in [-0.15, -0.1) is 0 Å². The van der Waals surface area contributed by atoms with Gasteiger partial charge in [0, 0.05) is 0 Å². The Hall–Kier alpha value is -1.08. The van der Waals surface area contributed by atoms with E-state index in [-0.39, 0.29) is 0 Å². The predicted octanol–water partition coefficient (Wildman–Crippen LogP) is 1.20.